The van der Waals surface area contributed by atoms with Gasteiger partial charge in [-0.3, -0.25) is 4.79 Å². The van der Waals surface area contributed by atoms with Gasteiger partial charge in [-0.15, -0.1) is 0 Å². The van der Waals surface area contributed by atoms with Crippen molar-refractivity contribution in [3.63, 3.8) is 0 Å². The van der Waals surface area contributed by atoms with Crippen LogP contribution in [0.3, 0.4) is 0 Å². The molecule has 1 aromatic carbocycles. The lowest BCUT2D eigenvalue weighted by atomic mass is 10.1. The Morgan fingerprint density at radius 1 is 0.912 bits per heavy atom. The van der Waals surface area contributed by atoms with Gasteiger partial charge in [-0.1, -0.05) is 25.1 Å². The Hall–Kier alpha value is -2.87. The number of carbonyl (C=O) groups excluding carboxylic acids is 1. The highest BCUT2D eigenvalue weighted by Gasteiger charge is 2.38. The molecule has 8 nitrogen and oxygen atoms in total. The van der Waals surface area contributed by atoms with Gasteiger partial charge in [0.15, 0.2) is 0 Å². The van der Waals surface area contributed by atoms with Crippen LogP contribution in [0.4, 0.5) is 26.3 Å². The molecule has 1 aromatic rings. The van der Waals surface area contributed by atoms with Gasteiger partial charge < -0.3 is 25.7 Å². The first-order valence-electron chi connectivity index (χ1n) is 10.1. The number of alkyl halides is 6. The molecule has 1 heterocycles. The Morgan fingerprint density at radius 3 is 1.74 bits per heavy atom. The van der Waals surface area contributed by atoms with Crippen LogP contribution in [0.2, 0.25) is 0 Å². The molecule has 0 aromatic heterocycles. The maximum absolute atomic E-state index is 11.8. The number of halogens is 6. The summed E-state index contributed by atoms with van der Waals surface area (Å²) in [6.07, 6.45) is -7.75. The molecule has 1 aliphatic heterocycles. The summed E-state index contributed by atoms with van der Waals surface area (Å²) in [6, 6.07) is 9.96. The van der Waals surface area contributed by atoms with E-state index in [1.807, 2.05) is 30.3 Å². The van der Waals surface area contributed by atoms with E-state index in [-0.39, 0.29) is 5.91 Å². The molecular formula is C20H27F6N3O5. The zero-order chi connectivity index (χ0) is 26.4. The number of hydrogen-bond acceptors (Lipinski definition) is 5. The molecule has 1 saturated heterocycles. The summed E-state index contributed by atoms with van der Waals surface area (Å²) in [4.78, 5) is 32.1. The van der Waals surface area contributed by atoms with E-state index in [4.69, 9.17) is 19.8 Å². The van der Waals surface area contributed by atoms with Gasteiger partial charge in [0.2, 0.25) is 0 Å². The summed E-state index contributed by atoms with van der Waals surface area (Å²) in [7, 11) is 0. The number of piperidine rings is 1. The predicted molar refractivity (Wildman–Crippen MR) is 109 cm³/mol. The fourth-order valence-corrected chi connectivity index (χ4v) is 2.60. The number of amides is 1. The minimum absolute atomic E-state index is 0.00759. The number of aliphatic carboxylic acids is 2. The number of hydrogen-bond donors (Lipinski definition) is 4. The number of carboxylic acid groups (broad SMARTS) is 2. The predicted octanol–water partition coefficient (Wildman–Crippen LogP) is 2.76. The molecule has 2 rings (SSSR count). The molecule has 1 amide bonds. The van der Waals surface area contributed by atoms with Gasteiger partial charge in [-0.2, -0.15) is 26.3 Å². The van der Waals surface area contributed by atoms with E-state index in [0.29, 0.717) is 12.6 Å². The van der Waals surface area contributed by atoms with Gasteiger partial charge in [0, 0.05) is 24.7 Å². The topological polar surface area (TPSA) is 119 Å². The highest BCUT2D eigenvalue weighted by Crippen LogP contribution is 2.13. The van der Waals surface area contributed by atoms with E-state index in [0.717, 1.165) is 18.7 Å². The smallest absolute Gasteiger partial charge is 0.475 e. The van der Waals surface area contributed by atoms with Gasteiger partial charge in [0.25, 0.3) is 5.91 Å². The van der Waals surface area contributed by atoms with Gasteiger partial charge >= 0.3 is 24.3 Å². The van der Waals surface area contributed by atoms with Crippen molar-refractivity contribution in [3.8, 4) is 0 Å². The Kier molecular flexibility index (Phi) is 13.8. The number of carbonyl (C=O) groups is 3. The van der Waals surface area contributed by atoms with Crippen molar-refractivity contribution >= 4 is 17.8 Å². The van der Waals surface area contributed by atoms with Crippen molar-refractivity contribution in [2.75, 3.05) is 32.7 Å². The van der Waals surface area contributed by atoms with Crippen molar-refractivity contribution in [1.29, 1.82) is 0 Å². The van der Waals surface area contributed by atoms with Crippen molar-refractivity contribution < 1.29 is 50.9 Å². The average molecular weight is 503 g/mol. The third-order valence-corrected chi connectivity index (χ3v) is 4.40. The molecule has 0 unspecified atom stereocenters. The minimum Gasteiger partial charge on any atom is -0.475 e. The highest BCUT2D eigenvalue weighted by molar-refractivity contribution is 5.94. The summed E-state index contributed by atoms with van der Waals surface area (Å²) in [5.41, 5.74) is 0.726. The summed E-state index contributed by atoms with van der Waals surface area (Å²) >= 11 is 0. The van der Waals surface area contributed by atoms with Crippen LogP contribution in [-0.2, 0) is 9.59 Å². The van der Waals surface area contributed by atoms with E-state index >= 15 is 0 Å². The van der Waals surface area contributed by atoms with Crippen molar-refractivity contribution in [2.24, 2.45) is 0 Å². The number of nitrogens with one attached hydrogen (secondary N) is 2. The van der Waals surface area contributed by atoms with Crippen LogP contribution in [-0.4, -0.2) is 84.1 Å². The first-order valence-corrected chi connectivity index (χ1v) is 10.1. The third-order valence-electron chi connectivity index (χ3n) is 4.40. The standard InChI is InChI=1S/C16H25N3O.2C2HF3O2/c1-2-19-12-8-15(9-13-19)17-10-11-18-16(20)14-6-4-3-5-7-14;2*3-2(4,5)1(6)7/h3-7,15,17H,2,8-13H2,1H3,(H,18,20);2*(H,6,7). The molecule has 14 heteroatoms. The maximum atomic E-state index is 11.8. The summed E-state index contributed by atoms with van der Waals surface area (Å²) < 4.78 is 63.5. The van der Waals surface area contributed by atoms with Gasteiger partial charge in [0.05, 0.1) is 0 Å². The van der Waals surface area contributed by atoms with E-state index < -0.39 is 24.3 Å². The molecule has 4 N–H and O–H groups in total. The second-order valence-corrected chi connectivity index (χ2v) is 6.89. The molecule has 1 aliphatic rings. The molecule has 34 heavy (non-hydrogen) atoms. The van der Waals surface area contributed by atoms with Crippen molar-refractivity contribution in [3.05, 3.63) is 35.9 Å². The first-order chi connectivity index (χ1) is 15.7. The zero-order valence-electron chi connectivity index (χ0n) is 18.2. The molecule has 0 radical (unpaired) electrons. The van der Waals surface area contributed by atoms with E-state index in [2.05, 4.69) is 22.5 Å². The molecule has 0 aliphatic carbocycles. The Labute approximate surface area is 191 Å². The lowest BCUT2D eigenvalue weighted by Crippen LogP contribution is -2.44. The highest BCUT2D eigenvalue weighted by atomic mass is 19.4. The van der Waals surface area contributed by atoms with Crippen LogP contribution in [0.1, 0.15) is 30.1 Å². The molecule has 0 bridgehead atoms. The van der Waals surface area contributed by atoms with Crippen LogP contribution >= 0.6 is 0 Å². The second kappa shape index (κ2) is 15.1. The van der Waals surface area contributed by atoms with E-state index in [1.54, 1.807) is 0 Å². The Balaban J connectivity index is 0.000000642. The number of benzene rings is 1. The minimum atomic E-state index is -5.08. The van der Waals surface area contributed by atoms with E-state index in [1.165, 1.54) is 25.9 Å². The summed E-state index contributed by atoms with van der Waals surface area (Å²) in [5, 5.41) is 20.7. The first kappa shape index (κ1) is 31.1. The Bertz CT molecular complexity index is 727. The molecule has 0 atom stereocenters. The number of rotatable bonds is 6. The van der Waals surface area contributed by atoms with E-state index in [9.17, 15) is 31.1 Å². The molecular weight excluding hydrogens is 476 g/mol. The van der Waals surface area contributed by atoms with Crippen molar-refractivity contribution in [2.45, 2.75) is 38.2 Å². The molecule has 0 spiro atoms. The average Bonchev–Trinajstić information content (AvgIpc) is 2.77. The summed E-state index contributed by atoms with van der Waals surface area (Å²) in [6.45, 7) is 7.26. The van der Waals surface area contributed by atoms with Gasteiger partial charge in [-0.05, 0) is 44.6 Å². The number of likely N-dealkylation sites (tertiary alicyclic amines) is 1. The van der Waals surface area contributed by atoms with Crippen LogP contribution in [0, 0.1) is 0 Å². The lowest BCUT2D eigenvalue weighted by Gasteiger charge is -2.31. The van der Waals surface area contributed by atoms with Crippen LogP contribution in [0.15, 0.2) is 30.3 Å². The van der Waals surface area contributed by atoms with Crippen LogP contribution < -0.4 is 10.6 Å². The molecule has 194 valence electrons. The van der Waals surface area contributed by atoms with Gasteiger partial charge in [0.1, 0.15) is 0 Å². The fourth-order valence-electron chi connectivity index (χ4n) is 2.60. The third kappa shape index (κ3) is 14.3. The van der Waals surface area contributed by atoms with Gasteiger partial charge in [-0.25, -0.2) is 9.59 Å². The monoisotopic (exact) mass is 503 g/mol. The van der Waals surface area contributed by atoms with Crippen LogP contribution in [0.25, 0.3) is 0 Å². The number of nitrogens with zero attached hydrogens (tertiary/aromatic N) is 1. The SMILES string of the molecule is CCN1CCC(NCCNC(=O)c2ccccc2)CC1.O=C(O)C(F)(F)F.O=C(O)C(F)(F)F. The maximum Gasteiger partial charge on any atom is 0.490 e. The largest absolute Gasteiger partial charge is 0.490 e. The Morgan fingerprint density at radius 2 is 1.35 bits per heavy atom. The molecule has 0 saturated carbocycles. The quantitative estimate of drug-likeness (QED) is 0.348. The second-order valence-electron chi connectivity index (χ2n) is 6.89. The van der Waals surface area contributed by atoms with Crippen LogP contribution in [0.5, 0.6) is 0 Å². The molecule has 1 fully saturated rings. The number of carboxylic acids is 2. The zero-order valence-corrected chi connectivity index (χ0v) is 18.2. The summed E-state index contributed by atoms with van der Waals surface area (Å²) in [5.74, 6) is -5.51. The van der Waals surface area contributed by atoms with Crippen molar-refractivity contribution in [1.82, 2.24) is 15.5 Å². The normalized spacial score (nSPS) is 14.7. The fraction of sp³-hybridized carbons (Fsp3) is 0.550. The lowest BCUT2D eigenvalue weighted by molar-refractivity contribution is -0.193.